The maximum absolute atomic E-state index is 5.23. The quantitative estimate of drug-likeness (QED) is 0.784. The highest BCUT2D eigenvalue weighted by Crippen LogP contribution is 2.12. The summed E-state index contributed by atoms with van der Waals surface area (Å²) in [6.45, 7) is 8.26. The topological polar surface area (TPSA) is 21.3 Å². The second-order valence-electron chi connectivity index (χ2n) is 4.67. The van der Waals surface area contributed by atoms with Gasteiger partial charge in [-0.1, -0.05) is 25.1 Å². The molecular weight excluding hydrogens is 210 g/mol. The van der Waals surface area contributed by atoms with Crippen LogP contribution in [0.4, 0.5) is 0 Å². The van der Waals surface area contributed by atoms with Crippen LogP contribution in [-0.4, -0.2) is 26.3 Å². The largest absolute Gasteiger partial charge is 0.383 e. The summed E-state index contributed by atoms with van der Waals surface area (Å²) in [4.78, 5) is 0. The van der Waals surface area contributed by atoms with Crippen molar-refractivity contribution in [1.82, 2.24) is 5.32 Å². The molecule has 0 saturated heterocycles. The average Bonchev–Trinajstić information content (AvgIpc) is 2.31. The fourth-order valence-electron chi connectivity index (χ4n) is 2.03. The zero-order valence-electron chi connectivity index (χ0n) is 11.5. The molecule has 0 aliphatic rings. The summed E-state index contributed by atoms with van der Waals surface area (Å²) in [6.07, 6.45) is 2.24. The molecule has 2 heteroatoms. The van der Waals surface area contributed by atoms with Crippen molar-refractivity contribution in [2.45, 2.75) is 39.7 Å². The normalized spacial score (nSPS) is 12.7. The van der Waals surface area contributed by atoms with Crippen LogP contribution in [-0.2, 0) is 11.2 Å². The third-order valence-corrected chi connectivity index (χ3v) is 3.21. The van der Waals surface area contributed by atoms with E-state index in [1.807, 2.05) is 0 Å². The minimum absolute atomic E-state index is 0.464. The number of aryl methyl sites for hydroxylation is 3. The number of benzene rings is 1. The van der Waals surface area contributed by atoms with E-state index in [4.69, 9.17) is 4.74 Å². The molecule has 1 N–H and O–H groups in total. The second-order valence-corrected chi connectivity index (χ2v) is 4.67. The fourth-order valence-corrected chi connectivity index (χ4v) is 2.03. The van der Waals surface area contributed by atoms with Crippen molar-refractivity contribution in [3.63, 3.8) is 0 Å². The van der Waals surface area contributed by atoms with Gasteiger partial charge in [-0.3, -0.25) is 0 Å². The van der Waals surface area contributed by atoms with Gasteiger partial charge in [0.15, 0.2) is 0 Å². The Kier molecular flexibility index (Phi) is 6.23. The lowest BCUT2D eigenvalue weighted by atomic mass is 10.0. The van der Waals surface area contributed by atoms with Crippen LogP contribution in [0.25, 0.3) is 0 Å². The first-order valence-electron chi connectivity index (χ1n) is 6.45. The minimum Gasteiger partial charge on any atom is -0.383 e. The van der Waals surface area contributed by atoms with Gasteiger partial charge in [-0.25, -0.2) is 0 Å². The van der Waals surface area contributed by atoms with Gasteiger partial charge in [-0.2, -0.15) is 0 Å². The first-order valence-corrected chi connectivity index (χ1v) is 6.45. The molecule has 0 radical (unpaired) electrons. The lowest BCUT2D eigenvalue weighted by Crippen LogP contribution is -2.33. The SMILES string of the molecule is CCNC(CCc1ccc(C)c(C)c1)COC. The molecule has 0 aliphatic heterocycles. The van der Waals surface area contributed by atoms with Crippen molar-refractivity contribution < 1.29 is 4.74 Å². The Morgan fingerprint density at radius 3 is 2.59 bits per heavy atom. The van der Waals surface area contributed by atoms with Gasteiger partial charge < -0.3 is 10.1 Å². The molecule has 0 saturated carbocycles. The predicted molar refractivity (Wildman–Crippen MR) is 73.6 cm³/mol. The van der Waals surface area contributed by atoms with E-state index in [-0.39, 0.29) is 0 Å². The van der Waals surface area contributed by atoms with Gasteiger partial charge in [0.2, 0.25) is 0 Å². The molecule has 96 valence electrons. The van der Waals surface area contributed by atoms with Crippen molar-refractivity contribution in [3.05, 3.63) is 34.9 Å². The highest BCUT2D eigenvalue weighted by molar-refractivity contribution is 5.29. The molecule has 2 nitrogen and oxygen atoms in total. The summed E-state index contributed by atoms with van der Waals surface area (Å²) in [5.74, 6) is 0. The van der Waals surface area contributed by atoms with Crippen LogP contribution in [0, 0.1) is 13.8 Å². The van der Waals surface area contributed by atoms with E-state index in [9.17, 15) is 0 Å². The highest BCUT2D eigenvalue weighted by Gasteiger charge is 2.07. The van der Waals surface area contributed by atoms with Crippen LogP contribution in [0.2, 0.25) is 0 Å². The lowest BCUT2D eigenvalue weighted by molar-refractivity contribution is 0.163. The number of ether oxygens (including phenoxy) is 1. The highest BCUT2D eigenvalue weighted by atomic mass is 16.5. The number of likely N-dealkylation sites (N-methyl/N-ethyl adjacent to an activating group) is 1. The molecule has 17 heavy (non-hydrogen) atoms. The summed E-state index contributed by atoms with van der Waals surface area (Å²) in [5.41, 5.74) is 4.18. The van der Waals surface area contributed by atoms with Crippen molar-refractivity contribution in [3.8, 4) is 0 Å². The molecule has 0 bridgehead atoms. The molecule has 0 fully saturated rings. The number of methoxy groups -OCH3 is 1. The van der Waals surface area contributed by atoms with Crippen LogP contribution < -0.4 is 5.32 Å². The Labute approximate surface area is 105 Å². The molecule has 0 aromatic heterocycles. The molecule has 0 spiro atoms. The van der Waals surface area contributed by atoms with Crippen molar-refractivity contribution >= 4 is 0 Å². The van der Waals surface area contributed by atoms with Crippen LogP contribution in [0.3, 0.4) is 0 Å². The molecule has 0 heterocycles. The molecule has 0 amide bonds. The fraction of sp³-hybridized carbons (Fsp3) is 0.600. The zero-order valence-corrected chi connectivity index (χ0v) is 11.5. The molecule has 1 rings (SSSR count). The van der Waals surface area contributed by atoms with Crippen LogP contribution in [0.5, 0.6) is 0 Å². The first-order chi connectivity index (χ1) is 8.17. The van der Waals surface area contributed by atoms with E-state index in [1.165, 1.54) is 16.7 Å². The zero-order chi connectivity index (χ0) is 12.7. The Morgan fingerprint density at radius 1 is 1.24 bits per heavy atom. The summed E-state index contributed by atoms with van der Waals surface area (Å²) >= 11 is 0. The van der Waals surface area contributed by atoms with Gasteiger partial charge in [0.25, 0.3) is 0 Å². The van der Waals surface area contributed by atoms with Crippen LogP contribution >= 0.6 is 0 Å². The predicted octanol–water partition coefficient (Wildman–Crippen LogP) is 2.86. The van der Waals surface area contributed by atoms with E-state index in [0.29, 0.717) is 6.04 Å². The van der Waals surface area contributed by atoms with Gasteiger partial charge in [0, 0.05) is 13.2 Å². The minimum atomic E-state index is 0.464. The summed E-state index contributed by atoms with van der Waals surface area (Å²) in [7, 11) is 1.76. The average molecular weight is 235 g/mol. The third kappa shape index (κ3) is 4.88. The van der Waals surface area contributed by atoms with E-state index in [2.05, 4.69) is 44.3 Å². The maximum Gasteiger partial charge on any atom is 0.0615 e. The van der Waals surface area contributed by atoms with Gasteiger partial charge in [0.1, 0.15) is 0 Å². The third-order valence-electron chi connectivity index (χ3n) is 3.21. The molecule has 1 aromatic rings. The standard InChI is InChI=1S/C15H25NO/c1-5-16-15(11-17-4)9-8-14-7-6-12(2)13(3)10-14/h6-7,10,15-16H,5,8-9,11H2,1-4H3. The monoisotopic (exact) mass is 235 g/mol. The molecular formula is C15H25NO. The Morgan fingerprint density at radius 2 is 2.00 bits per heavy atom. The van der Waals surface area contributed by atoms with Gasteiger partial charge in [-0.15, -0.1) is 0 Å². The first kappa shape index (κ1) is 14.2. The smallest absolute Gasteiger partial charge is 0.0615 e. The molecule has 1 aromatic carbocycles. The van der Waals surface area contributed by atoms with Crippen LogP contribution in [0.15, 0.2) is 18.2 Å². The van der Waals surface area contributed by atoms with E-state index in [1.54, 1.807) is 7.11 Å². The number of hydrogen-bond donors (Lipinski definition) is 1. The molecule has 1 atom stereocenters. The Bertz CT molecular complexity index is 330. The van der Waals surface area contributed by atoms with Gasteiger partial charge >= 0.3 is 0 Å². The summed E-state index contributed by atoms with van der Waals surface area (Å²) in [6, 6.07) is 7.21. The second kappa shape index (κ2) is 7.46. The Hall–Kier alpha value is -0.860. The van der Waals surface area contributed by atoms with Crippen LogP contribution in [0.1, 0.15) is 30.0 Å². The number of nitrogens with one attached hydrogen (secondary N) is 1. The summed E-state index contributed by atoms with van der Waals surface area (Å²) < 4.78 is 5.23. The van der Waals surface area contributed by atoms with E-state index < -0.39 is 0 Å². The summed E-state index contributed by atoms with van der Waals surface area (Å²) in [5, 5.41) is 3.45. The number of hydrogen-bond acceptors (Lipinski definition) is 2. The van der Waals surface area contributed by atoms with E-state index >= 15 is 0 Å². The molecule has 0 aliphatic carbocycles. The number of rotatable bonds is 7. The van der Waals surface area contributed by atoms with Crippen molar-refractivity contribution in [1.29, 1.82) is 0 Å². The van der Waals surface area contributed by atoms with Crippen molar-refractivity contribution in [2.75, 3.05) is 20.3 Å². The van der Waals surface area contributed by atoms with Crippen molar-refractivity contribution in [2.24, 2.45) is 0 Å². The van der Waals surface area contributed by atoms with Gasteiger partial charge in [-0.05, 0) is 49.9 Å². The Balaban J connectivity index is 2.49. The van der Waals surface area contributed by atoms with E-state index in [0.717, 1.165) is 26.0 Å². The van der Waals surface area contributed by atoms with Gasteiger partial charge in [0.05, 0.1) is 6.61 Å². The lowest BCUT2D eigenvalue weighted by Gasteiger charge is -2.17. The maximum atomic E-state index is 5.23. The molecule has 1 unspecified atom stereocenters.